The first kappa shape index (κ1) is 10.9. The minimum absolute atomic E-state index is 0.411. The van der Waals surface area contributed by atoms with Gasteiger partial charge in [-0.2, -0.15) is 0 Å². The molecule has 1 aromatic carbocycles. The molecule has 3 aromatic rings. The number of anilines is 1. The number of nitrogen functional groups attached to an aromatic ring is 1. The number of hydrogen-bond donors (Lipinski definition) is 1. The Morgan fingerprint density at radius 3 is 2.67 bits per heavy atom. The van der Waals surface area contributed by atoms with Crippen LogP contribution in [0.4, 0.5) is 5.82 Å². The van der Waals surface area contributed by atoms with Gasteiger partial charge in [-0.15, -0.1) is 0 Å². The molecule has 2 aromatic heterocycles. The highest BCUT2D eigenvalue weighted by molar-refractivity contribution is 5.97. The van der Waals surface area contributed by atoms with Gasteiger partial charge in [0.05, 0.1) is 0 Å². The second-order valence-corrected chi connectivity index (χ2v) is 4.66. The third kappa shape index (κ3) is 1.42. The van der Waals surface area contributed by atoms with Crippen molar-refractivity contribution < 1.29 is 4.52 Å². The summed E-state index contributed by atoms with van der Waals surface area (Å²) in [5, 5.41) is 4.94. The van der Waals surface area contributed by atoms with Gasteiger partial charge >= 0.3 is 0 Å². The maximum absolute atomic E-state index is 5.64. The first-order valence-corrected chi connectivity index (χ1v) is 5.86. The number of nitrogens with zero attached hydrogens (tertiary/aromatic N) is 2. The van der Waals surface area contributed by atoms with E-state index in [1.54, 1.807) is 6.07 Å². The molecular formula is C14H15N3O. The summed E-state index contributed by atoms with van der Waals surface area (Å²) < 4.78 is 7.46. The van der Waals surface area contributed by atoms with Gasteiger partial charge in [-0.25, -0.2) is 0 Å². The van der Waals surface area contributed by atoms with E-state index in [2.05, 4.69) is 48.8 Å². The maximum Gasteiger partial charge on any atom is 0.171 e. The van der Waals surface area contributed by atoms with Crippen molar-refractivity contribution in [1.82, 2.24) is 9.72 Å². The van der Waals surface area contributed by atoms with Crippen LogP contribution < -0.4 is 5.73 Å². The molecule has 4 heteroatoms. The van der Waals surface area contributed by atoms with Crippen LogP contribution in [0.3, 0.4) is 0 Å². The Morgan fingerprint density at radius 2 is 2.00 bits per heavy atom. The minimum atomic E-state index is 0.411. The van der Waals surface area contributed by atoms with Gasteiger partial charge in [-0.1, -0.05) is 16.8 Å². The summed E-state index contributed by atoms with van der Waals surface area (Å²) in [5.41, 5.74) is 10.3. The van der Waals surface area contributed by atoms with E-state index in [4.69, 9.17) is 10.3 Å². The van der Waals surface area contributed by atoms with Crippen molar-refractivity contribution >= 4 is 16.7 Å². The van der Waals surface area contributed by atoms with E-state index in [9.17, 15) is 0 Å². The zero-order valence-corrected chi connectivity index (χ0v) is 10.7. The molecule has 18 heavy (non-hydrogen) atoms. The third-order valence-corrected chi connectivity index (χ3v) is 3.42. The molecule has 0 aliphatic rings. The van der Waals surface area contributed by atoms with Crippen molar-refractivity contribution in [2.45, 2.75) is 13.8 Å². The van der Waals surface area contributed by atoms with Crippen molar-refractivity contribution in [1.29, 1.82) is 0 Å². The summed E-state index contributed by atoms with van der Waals surface area (Å²) in [6, 6.07) is 8.17. The van der Waals surface area contributed by atoms with Gasteiger partial charge in [-0.3, -0.25) is 0 Å². The molecular weight excluding hydrogens is 226 g/mol. The Kier molecular flexibility index (Phi) is 2.20. The summed E-state index contributed by atoms with van der Waals surface area (Å²) in [5.74, 6) is 1.13. The van der Waals surface area contributed by atoms with E-state index in [1.807, 2.05) is 0 Å². The smallest absolute Gasteiger partial charge is 0.171 e. The zero-order chi connectivity index (χ0) is 12.9. The molecule has 2 heterocycles. The van der Waals surface area contributed by atoms with Crippen molar-refractivity contribution in [2.75, 3.05) is 5.73 Å². The summed E-state index contributed by atoms with van der Waals surface area (Å²) in [6.45, 7) is 4.16. The Bertz CT molecular complexity index is 737. The number of rotatable bonds is 1. The van der Waals surface area contributed by atoms with Crippen LogP contribution >= 0.6 is 0 Å². The molecule has 0 saturated heterocycles. The lowest BCUT2D eigenvalue weighted by Gasteiger charge is -1.98. The van der Waals surface area contributed by atoms with Crippen molar-refractivity contribution in [2.24, 2.45) is 7.05 Å². The van der Waals surface area contributed by atoms with Gasteiger partial charge in [-0.05, 0) is 26.0 Å². The lowest BCUT2D eigenvalue weighted by Crippen LogP contribution is -1.90. The summed E-state index contributed by atoms with van der Waals surface area (Å²) in [7, 11) is 2.05. The lowest BCUT2D eigenvalue weighted by molar-refractivity contribution is 0.436. The summed E-state index contributed by atoms with van der Waals surface area (Å²) in [4.78, 5) is 0. The average Bonchev–Trinajstić information content (AvgIpc) is 2.84. The number of hydrogen-bond acceptors (Lipinski definition) is 3. The topological polar surface area (TPSA) is 57.0 Å². The molecule has 0 aliphatic heterocycles. The fraction of sp³-hybridized carbons (Fsp3) is 0.214. The molecule has 0 saturated carbocycles. The maximum atomic E-state index is 5.64. The van der Waals surface area contributed by atoms with Crippen molar-refractivity contribution in [3.8, 4) is 11.3 Å². The number of nitrogens with two attached hydrogens (primary N) is 1. The van der Waals surface area contributed by atoms with Crippen LogP contribution in [-0.2, 0) is 7.05 Å². The first-order chi connectivity index (χ1) is 8.58. The molecule has 0 fully saturated rings. The standard InChI is InChI=1S/C14H15N3O/c1-8-4-5-11-10(6-8)14(9(2)17(11)3)12-7-13(15)16-18-12/h4-7H,1-3H3,(H2,15,16). The molecule has 0 atom stereocenters. The molecule has 0 amide bonds. The predicted molar refractivity (Wildman–Crippen MR) is 72.3 cm³/mol. The van der Waals surface area contributed by atoms with Crippen molar-refractivity contribution in [3.63, 3.8) is 0 Å². The average molecular weight is 241 g/mol. The molecule has 92 valence electrons. The number of aromatic nitrogens is 2. The molecule has 0 radical (unpaired) electrons. The molecule has 3 rings (SSSR count). The van der Waals surface area contributed by atoms with E-state index in [-0.39, 0.29) is 0 Å². The zero-order valence-electron chi connectivity index (χ0n) is 10.7. The minimum Gasteiger partial charge on any atom is -0.381 e. The van der Waals surface area contributed by atoms with Crippen LogP contribution in [0.1, 0.15) is 11.3 Å². The monoisotopic (exact) mass is 241 g/mol. The Labute approximate surface area is 105 Å². The molecule has 0 aliphatic carbocycles. The van der Waals surface area contributed by atoms with Crippen molar-refractivity contribution in [3.05, 3.63) is 35.5 Å². The Balaban J connectivity index is 2.40. The van der Waals surface area contributed by atoms with E-state index in [1.165, 1.54) is 16.5 Å². The first-order valence-electron chi connectivity index (χ1n) is 5.86. The SMILES string of the molecule is Cc1ccc2c(c1)c(-c1cc(N)no1)c(C)n2C. The van der Waals surface area contributed by atoms with Crippen LogP contribution in [-0.4, -0.2) is 9.72 Å². The molecule has 2 N–H and O–H groups in total. The number of fused-ring (bicyclic) bond motifs is 1. The van der Waals surface area contributed by atoms with Crippen LogP contribution in [0, 0.1) is 13.8 Å². The van der Waals surface area contributed by atoms with Gasteiger partial charge in [0.1, 0.15) is 0 Å². The summed E-state index contributed by atoms with van der Waals surface area (Å²) >= 11 is 0. The molecule has 0 spiro atoms. The highest BCUT2D eigenvalue weighted by Crippen LogP contribution is 2.35. The van der Waals surface area contributed by atoms with Crippen LogP contribution in [0.25, 0.3) is 22.2 Å². The van der Waals surface area contributed by atoms with Crippen LogP contribution in [0.2, 0.25) is 0 Å². The van der Waals surface area contributed by atoms with Gasteiger partial charge in [0.25, 0.3) is 0 Å². The van der Waals surface area contributed by atoms with Gasteiger partial charge in [0.15, 0.2) is 11.6 Å². The summed E-state index contributed by atoms with van der Waals surface area (Å²) in [6.07, 6.45) is 0. The quantitative estimate of drug-likeness (QED) is 0.712. The fourth-order valence-electron chi connectivity index (χ4n) is 2.40. The van der Waals surface area contributed by atoms with E-state index in [0.29, 0.717) is 5.82 Å². The molecule has 0 unspecified atom stereocenters. The van der Waals surface area contributed by atoms with Crippen LogP contribution in [0.15, 0.2) is 28.8 Å². The van der Waals surface area contributed by atoms with E-state index in [0.717, 1.165) is 17.0 Å². The van der Waals surface area contributed by atoms with Crippen LogP contribution in [0.5, 0.6) is 0 Å². The van der Waals surface area contributed by atoms with Gasteiger partial charge < -0.3 is 14.8 Å². The normalized spacial score (nSPS) is 11.3. The van der Waals surface area contributed by atoms with Gasteiger partial charge in [0, 0.05) is 35.3 Å². The Morgan fingerprint density at radius 1 is 1.22 bits per heavy atom. The molecule has 0 bridgehead atoms. The second-order valence-electron chi connectivity index (χ2n) is 4.66. The van der Waals surface area contributed by atoms with E-state index < -0.39 is 0 Å². The third-order valence-electron chi connectivity index (χ3n) is 3.42. The van der Waals surface area contributed by atoms with E-state index >= 15 is 0 Å². The number of aryl methyl sites for hydroxylation is 2. The molecule has 4 nitrogen and oxygen atoms in total. The Hall–Kier alpha value is -2.23. The lowest BCUT2D eigenvalue weighted by atomic mass is 10.1. The second kappa shape index (κ2) is 3.63. The number of benzene rings is 1. The largest absolute Gasteiger partial charge is 0.381 e. The predicted octanol–water partition coefficient (Wildman–Crippen LogP) is 3.03. The van der Waals surface area contributed by atoms with Gasteiger partial charge in [0.2, 0.25) is 0 Å². The highest BCUT2D eigenvalue weighted by atomic mass is 16.5. The fourth-order valence-corrected chi connectivity index (χ4v) is 2.40. The highest BCUT2D eigenvalue weighted by Gasteiger charge is 2.17.